The molecule has 0 atom stereocenters. The second-order valence-corrected chi connectivity index (χ2v) is 5.01. The van der Waals surface area contributed by atoms with Crippen LogP contribution in [-0.2, 0) is 0 Å². The molecule has 1 aliphatic carbocycles. The minimum Gasteiger partial charge on any atom is -0.491 e. The first-order valence-corrected chi connectivity index (χ1v) is 7.19. The van der Waals surface area contributed by atoms with Crippen molar-refractivity contribution in [3.63, 3.8) is 0 Å². The van der Waals surface area contributed by atoms with Crippen LogP contribution < -0.4 is 15.4 Å². The van der Waals surface area contributed by atoms with Gasteiger partial charge in [-0.05, 0) is 31.9 Å². The van der Waals surface area contributed by atoms with E-state index in [1.807, 2.05) is 0 Å². The van der Waals surface area contributed by atoms with Crippen molar-refractivity contribution in [1.29, 1.82) is 0 Å². The normalized spacial score (nSPS) is 15.7. The Morgan fingerprint density at radius 3 is 2.75 bits per heavy atom. The first-order valence-electron chi connectivity index (χ1n) is 7.19. The van der Waals surface area contributed by atoms with Gasteiger partial charge in [-0.15, -0.1) is 0 Å². The van der Waals surface area contributed by atoms with Crippen molar-refractivity contribution in [2.45, 2.75) is 45.1 Å². The molecule has 1 aromatic carbocycles. The van der Waals surface area contributed by atoms with Crippen molar-refractivity contribution in [2.75, 3.05) is 11.9 Å². The van der Waals surface area contributed by atoms with Gasteiger partial charge in [0.25, 0.3) is 0 Å². The van der Waals surface area contributed by atoms with Crippen molar-refractivity contribution in [3.05, 3.63) is 24.0 Å². The standard InChI is InChI=1S/C15H21FN2O2/c1-2-20-14-9-8-12(10-13(14)16)18-15(19)17-11-6-4-3-5-7-11/h8-11H,2-7H2,1H3,(H2,17,18,19). The number of urea groups is 1. The van der Waals surface area contributed by atoms with Gasteiger partial charge in [0.05, 0.1) is 6.61 Å². The number of halogens is 1. The Morgan fingerprint density at radius 1 is 1.35 bits per heavy atom. The lowest BCUT2D eigenvalue weighted by Gasteiger charge is -2.22. The Bertz CT molecular complexity index is 459. The number of anilines is 1. The highest BCUT2D eigenvalue weighted by Gasteiger charge is 2.15. The van der Waals surface area contributed by atoms with Gasteiger partial charge in [-0.3, -0.25) is 0 Å². The molecule has 1 fully saturated rings. The van der Waals surface area contributed by atoms with Gasteiger partial charge in [-0.1, -0.05) is 19.3 Å². The van der Waals surface area contributed by atoms with Gasteiger partial charge < -0.3 is 15.4 Å². The van der Waals surface area contributed by atoms with Crippen LogP contribution in [0.4, 0.5) is 14.9 Å². The molecule has 1 aromatic rings. The minimum atomic E-state index is -0.470. The largest absolute Gasteiger partial charge is 0.491 e. The summed E-state index contributed by atoms with van der Waals surface area (Å²) in [7, 11) is 0. The second kappa shape index (κ2) is 7.12. The molecule has 0 aromatic heterocycles. The third kappa shape index (κ3) is 4.11. The second-order valence-electron chi connectivity index (χ2n) is 5.01. The highest BCUT2D eigenvalue weighted by Crippen LogP contribution is 2.21. The van der Waals surface area contributed by atoms with Gasteiger partial charge in [0.2, 0.25) is 0 Å². The van der Waals surface area contributed by atoms with Crippen molar-refractivity contribution >= 4 is 11.7 Å². The number of carbonyl (C=O) groups excluding carboxylic acids is 1. The Morgan fingerprint density at radius 2 is 2.10 bits per heavy atom. The molecule has 0 unspecified atom stereocenters. The first kappa shape index (κ1) is 14.6. The number of hydrogen-bond acceptors (Lipinski definition) is 2. The summed E-state index contributed by atoms with van der Waals surface area (Å²) >= 11 is 0. The topological polar surface area (TPSA) is 50.4 Å². The van der Waals surface area contributed by atoms with E-state index in [-0.39, 0.29) is 17.8 Å². The average molecular weight is 280 g/mol. The average Bonchev–Trinajstić information content (AvgIpc) is 2.43. The number of hydrogen-bond donors (Lipinski definition) is 2. The Kier molecular flexibility index (Phi) is 5.21. The van der Waals surface area contributed by atoms with Gasteiger partial charge in [-0.25, -0.2) is 9.18 Å². The molecule has 0 heterocycles. The van der Waals surface area contributed by atoms with Crippen molar-refractivity contribution in [3.8, 4) is 5.75 Å². The molecular formula is C15H21FN2O2. The van der Waals surface area contributed by atoms with Crippen molar-refractivity contribution in [2.24, 2.45) is 0 Å². The highest BCUT2D eigenvalue weighted by atomic mass is 19.1. The lowest BCUT2D eigenvalue weighted by molar-refractivity contribution is 0.244. The van der Waals surface area contributed by atoms with E-state index in [0.29, 0.717) is 12.3 Å². The third-order valence-electron chi connectivity index (χ3n) is 3.43. The first-order chi connectivity index (χ1) is 9.69. The zero-order chi connectivity index (χ0) is 14.4. The van der Waals surface area contributed by atoms with Gasteiger partial charge >= 0.3 is 6.03 Å². The van der Waals surface area contributed by atoms with E-state index in [4.69, 9.17) is 4.74 Å². The molecule has 2 rings (SSSR count). The molecule has 1 saturated carbocycles. The smallest absolute Gasteiger partial charge is 0.319 e. The van der Waals surface area contributed by atoms with Crippen molar-refractivity contribution < 1.29 is 13.9 Å². The van der Waals surface area contributed by atoms with Crippen LogP contribution in [0.15, 0.2) is 18.2 Å². The van der Waals surface area contributed by atoms with Crippen LogP contribution in [0.1, 0.15) is 39.0 Å². The lowest BCUT2D eigenvalue weighted by Crippen LogP contribution is -2.39. The van der Waals surface area contributed by atoms with Gasteiger partial charge in [0.15, 0.2) is 11.6 Å². The highest BCUT2D eigenvalue weighted by molar-refractivity contribution is 5.89. The monoisotopic (exact) mass is 280 g/mol. The van der Waals surface area contributed by atoms with E-state index in [0.717, 1.165) is 25.7 Å². The maximum absolute atomic E-state index is 13.6. The molecule has 2 amide bonds. The molecule has 0 radical (unpaired) electrons. The molecule has 0 bridgehead atoms. The molecule has 2 N–H and O–H groups in total. The van der Waals surface area contributed by atoms with Crippen LogP contribution in [-0.4, -0.2) is 18.7 Å². The molecule has 1 aliphatic rings. The number of rotatable bonds is 4. The van der Waals surface area contributed by atoms with E-state index in [9.17, 15) is 9.18 Å². The van der Waals surface area contributed by atoms with Gasteiger partial charge in [0, 0.05) is 17.8 Å². The summed E-state index contributed by atoms with van der Waals surface area (Å²) in [6, 6.07) is 4.38. The van der Waals surface area contributed by atoms with Crippen LogP contribution in [0.2, 0.25) is 0 Å². The summed E-state index contributed by atoms with van der Waals surface area (Å²) in [6.07, 6.45) is 5.59. The molecule has 4 nitrogen and oxygen atoms in total. The van der Waals surface area contributed by atoms with E-state index in [1.54, 1.807) is 13.0 Å². The lowest BCUT2D eigenvalue weighted by atomic mass is 9.96. The van der Waals surface area contributed by atoms with Crippen molar-refractivity contribution in [1.82, 2.24) is 5.32 Å². The Balaban J connectivity index is 1.88. The zero-order valence-corrected chi connectivity index (χ0v) is 11.7. The van der Waals surface area contributed by atoms with Crippen LogP contribution in [0, 0.1) is 5.82 Å². The zero-order valence-electron chi connectivity index (χ0n) is 11.7. The SMILES string of the molecule is CCOc1ccc(NC(=O)NC2CCCCC2)cc1F. The molecule has 110 valence electrons. The van der Waals surface area contributed by atoms with E-state index in [1.165, 1.54) is 18.6 Å². The fraction of sp³-hybridized carbons (Fsp3) is 0.533. The number of carbonyl (C=O) groups is 1. The number of benzene rings is 1. The summed E-state index contributed by atoms with van der Waals surface area (Å²) in [5.41, 5.74) is 0.430. The van der Waals surface area contributed by atoms with E-state index in [2.05, 4.69) is 10.6 Å². The van der Waals surface area contributed by atoms with E-state index < -0.39 is 5.82 Å². The molecule has 0 aliphatic heterocycles. The number of nitrogens with one attached hydrogen (secondary N) is 2. The van der Waals surface area contributed by atoms with Crippen LogP contribution in [0.25, 0.3) is 0 Å². The number of ether oxygens (including phenoxy) is 1. The maximum atomic E-state index is 13.6. The quantitative estimate of drug-likeness (QED) is 0.884. The molecular weight excluding hydrogens is 259 g/mol. The van der Waals surface area contributed by atoms with Crippen LogP contribution >= 0.6 is 0 Å². The van der Waals surface area contributed by atoms with Gasteiger partial charge in [0.1, 0.15) is 0 Å². The molecule has 0 spiro atoms. The predicted octanol–water partition coefficient (Wildman–Crippen LogP) is 3.68. The van der Waals surface area contributed by atoms with Crippen LogP contribution in [0.3, 0.4) is 0 Å². The summed E-state index contributed by atoms with van der Waals surface area (Å²) in [6.45, 7) is 2.20. The minimum absolute atomic E-state index is 0.200. The summed E-state index contributed by atoms with van der Waals surface area (Å²) in [4.78, 5) is 11.8. The Labute approximate surface area is 118 Å². The summed E-state index contributed by atoms with van der Waals surface area (Å²) in [5, 5.41) is 5.58. The molecule has 0 saturated heterocycles. The fourth-order valence-electron chi connectivity index (χ4n) is 2.45. The van der Waals surface area contributed by atoms with Crippen LogP contribution in [0.5, 0.6) is 5.75 Å². The van der Waals surface area contributed by atoms with Gasteiger partial charge in [-0.2, -0.15) is 0 Å². The molecule has 20 heavy (non-hydrogen) atoms. The summed E-state index contributed by atoms with van der Waals surface area (Å²) < 4.78 is 18.8. The fourth-order valence-corrected chi connectivity index (χ4v) is 2.45. The van der Waals surface area contributed by atoms with E-state index >= 15 is 0 Å². The third-order valence-corrected chi connectivity index (χ3v) is 3.43. The Hall–Kier alpha value is -1.78. The summed E-state index contributed by atoms with van der Waals surface area (Å²) in [5.74, 6) is -0.270. The number of amides is 2. The maximum Gasteiger partial charge on any atom is 0.319 e. The molecule has 5 heteroatoms. The predicted molar refractivity (Wildman–Crippen MR) is 76.6 cm³/mol.